The quantitative estimate of drug-likeness (QED) is 0.383. The Morgan fingerprint density at radius 1 is 1.28 bits per heavy atom. The molecule has 2 aromatic rings. The summed E-state index contributed by atoms with van der Waals surface area (Å²) in [6.07, 6.45) is 11.6. The second-order valence-electron chi connectivity index (χ2n) is 9.24. The minimum absolute atomic E-state index is 0.135. The first-order chi connectivity index (χ1) is 15.4. The van der Waals surface area contributed by atoms with Crippen molar-refractivity contribution in [3.8, 4) is 0 Å². The number of pyridine rings is 2. The van der Waals surface area contributed by atoms with Gasteiger partial charge in [-0.05, 0) is 70.9 Å². The van der Waals surface area contributed by atoms with Gasteiger partial charge in [-0.15, -0.1) is 5.43 Å². The van der Waals surface area contributed by atoms with Crippen molar-refractivity contribution in [3.05, 3.63) is 41.4 Å². The van der Waals surface area contributed by atoms with Crippen LogP contribution in [-0.2, 0) is 0 Å². The molecule has 0 aromatic carbocycles. The van der Waals surface area contributed by atoms with Crippen LogP contribution >= 0.6 is 0 Å². The van der Waals surface area contributed by atoms with Gasteiger partial charge in [-0.1, -0.05) is 12.8 Å². The Bertz CT molecular complexity index is 977. The van der Waals surface area contributed by atoms with E-state index in [4.69, 9.17) is 10.7 Å². The highest BCUT2D eigenvalue weighted by Crippen LogP contribution is 2.27. The molecule has 1 saturated heterocycles. The first-order valence-electron chi connectivity index (χ1n) is 11.4. The second-order valence-corrected chi connectivity index (χ2v) is 9.24. The molecule has 2 aromatic heterocycles. The van der Waals surface area contributed by atoms with Crippen LogP contribution in [-0.4, -0.2) is 52.8 Å². The van der Waals surface area contributed by atoms with Crippen LogP contribution in [0.3, 0.4) is 0 Å². The molecule has 4 rings (SSSR count). The lowest BCUT2D eigenvalue weighted by atomic mass is 10.0. The summed E-state index contributed by atoms with van der Waals surface area (Å²) >= 11 is 0. The molecule has 0 radical (unpaired) electrons. The Hall–Kier alpha value is -2.59. The van der Waals surface area contributed by atoms with Gasteiger partial charge >= 0.3 is 0 Å². The van der Waals surface area contributed by atoms with Crippen LogP contribution in [0.4, 0.5) is 5.82 Å². The van der Waals surface area contributed by atoms with E-state index in [9.17, 15) is 5.21 Å². The minimum Gasteiger partial charge on any atom is -0.588 e. The van der Waals surface area contributed by atoms with E-state index in [2.05, 4.69) is 39.7 Å². The Morgan fingerprint density at radius 2 is 2.03 bits per heavy atom. The standard InChI is InChI=1S/C23H34N8O/c1-23(9-3-4-10-23)29-31(32)28-22-6-5-20-21(27-22)13-17(15-26-20)18(14-24)16-25-19-7-11-30(2)12-8-19/h5-6,13-16,19,29,31H,3-4,7-12,24H2,1-2H3,(H,27,28). The highest BCUT2D eigenvalue weighted by molar-refractivity contribution is 6.10. The number of piperidine rings is 1. The number of nitrogens with two attached hydrogens (primary N) is 1. The van der Waals surface area contributed by atoms with Crippen LogP contribution in [0.15, 0.2) is 35.6 Å². The van der Waals surface area contributed by atoms with E-state index < -0.39 is 0 Å². The van der Waals surface area contributed by atoms with Crippen LogP contribution in [0.1, 0.15) is 51.0 Å². The summed E-state index contributed by atoms with van der Waals surface area (Å²) in [5.74, 6) is 0.494. The normalized spacial score (nSPS) is 21.4. The van der Waals surface area contributed by atoms with Gasteiger partial charge in [0.25, 0.3) is 0 Å². The van der Waals surface area contributed by atoms with Gasteiger partial charge in [-0.2, -0.15) is 5.28 Å². The van der Waals surface area contributed by atoms with Gasteiger partial charge in [0.05, 0.1) is 22.6 Å². The Labute approximate surface area is 189 Å². The maximum atomic E-state index is 12.5. The molecule has 32 heavy (non-hydrogen) atoms. The van der Waals surface area contributed by atoms with Crippen LogP contribution in [0.5, 0.6) is 0 Å². The zero-order valence-electron chi connectivity index (χ0n) is 19.0. The maximum Gasteiger partial charge on any atom is 0.176 e. The van der Waals surface area contributed by atoms with Crippen molar-refractivity contribution in [1.29, 1.82) is 0 Å². The number of quaternary nitrogens is 1. The van der Waals surface area contributed by atoms with Crippen LogP contribution in [0.2, 0.25) is 0 Å². The van der Waals surface area contributed by atoms with E-state index in [1.165, 1.54) is 0 Å². The fraction of sp³-hybridized carbons (Fsp3) is 0.522. The third-order valence-electron chi connectivity index (χ3n) is 6.53. The number of aliphatic imine (C=N–C) groups is 1. The molecule has 0 spiro atoms. The predicted molar refractivity (Wildman–Crippen MR) is 129 cm³/mol. The summed E-state index contributed by atoms with van der Waals surface area (Å²) in [7, 11) is 2.14. The lowest BCUT2D eigenvalue weighted by Crippen LogP contribution is -3.19. The average molecular weight is 439 g/mol. The van der Waals surface area contributed by atoms with Crippen LogP contribution in [0, 0.1) is 5.21 Å². The molecular weight excluding hydrogens is 404 g/mol. The summed E-state index contributed by atoms with van der Waals surface area (Å²) in [4.78, 5) is 16.2. The third-order valence-corrected chi connectivity index (χ3v) is 6.53. The van der Waals surface area contributed by atoms with Crippen LogP contribution in [0.25, 0.3) is 16.6 Å². The van der Waals surface area contributed by atoms with Crippen molar-refractivity contribution in [2.24, 2.45) is 10.7 Å². The average Bonchev–Trinajstić information content (AvgIpc) is 3.20. The molecule has 1 aliphatic heterocycles. The monoisotopic (exact) mass is 438 g/mol. The van der Waals surface area contributed by atoms with Gasteiger partial charge in [0.2, 0.25) is 0 Å². The first-order valence-corrected chi connectivity index (χ1v) is 11.4. The number of aromatic nitrogens is 2. The van der Waals surface area contributed by atoms with Gasteiger partial charge < -0.3 is 15.8 Å². The third kappa shape index (κ3) is 5.60. The molecule has 5 N–H and O–H groups in total. The number of hydrogen-bond acceptors (Lipinski definition) is 8. The minimum atomic E-state index is -0.224. The number of anilines is 1. The van der Waals surface area contributed by atoms with Gasteiger partial charge in [0.1, 0.15) is 0 Å². The predicted octanol–water partition coefficient (Wildman–Crippen LogP) is 1.64. The Morgan fingerprint density at radius 3 is 2.75 bits per heavy atom. The van der Waals surface area contributed by atoms with Crippen molar-refractivity contribution in [2.45, 2.75) is 57.0 Å². The topological polar surface area (TPSA) is 119 Å². The summed E-state index contributed by atoms with van der Waals surface area (Å²) in [6, 6.07) is 5.89. The van der Waals surface area contributed by atoms with E-state index in [0.29, 0.717) is 17.4 Å². The SMILES string of the molecule is CN1CCC(N=CC(=CN)c2cnc3ccc(N[NH+]([O-])NC4(C)CCCC4)nc3c2)CC1. The van der Waals surface area contributed by atoms with Crippen molar-refractivity contribution < 1.29 is 5.28 Å². The van der Waals surface area contributed by atoms with Crippen molar-refractivity contribution >= 4 is 28.6 Å². The molecule has 0 bridgehead atoms. The van der Waals surface area contributed by atoms with Crippen LogP contribution < -0.4 is 21.9 Å². The molecule has 2 aliphatic rings. The number of hydrogen-bond donors (Lipinski definition) is 4. The molecule has 3 heterocycles. The highest BCUT2D eigenvalue weighted by Gasteiger charge is 2.31. The molecule has 9 heteroatoms. The van der Waals surface area contributed by atoms with E-state index >= 15 is 0 Å². The summed E-state index contributed by atoms with van der Waals surface area (Å²) in [6.45, 7) is 4.22. The first kappa shape index (κ1) is 22.6. The fourth-order valence-electron chi connectivity index (χ4n) is 4.48. The zero-order valence-corrected chi connectivity index (χ0v) is 19.0. The molecular formula is C23H34N8O. The molecule has 1 atom stereocenters. The molecule has 1 unspecified atom stereocenters. The van der Waals surface area contributed by atoms with E-state index in [0.717, 1.165) is 68.3 Å². The fourth-order valence-corrected chi connectivity index (χ4v) is 4.48. The number of fused-ring (bicyclic) bond motifs is 1. The van der Waals surface area contributed by atoms with Gasteiger partial charge in [-0.3, -0.25) is 9.98 Å². The molecule has 172 valence electrons. The van der Waals surface area contributed by atoms with Gasteiger partial charge in [0.15, 0.2) is 5.82 Å². The van der Waals surface area contributed by atoms with Crippen molar-refractivity contribution in [3.63, 3.8) is 0 Å². The van der Waals surface area contributed by atoms with E-state index in [1.807, 2.05) is 18.3 Å². The number of nitrogens with zero attached hydrogens (tertiary/aromatic N) is 4. The van der Waals surface area contributed by atoms with Gasteiger partial charge in [0, 0.05) is 29.7 Å². The number of rotatable bonds is 7. The molecule has 1 aliphatic carbocycles. The number of allylic oxidation sites excluding steroid dienone is 1. The molecule has 9 nitrogen and oxygen atoms in total. The maximum absolute atomic E-state index is 12.5. The van der Waals surface area contributed by atoms with E-state index in [1.54, 1.807) is 18.5 Å². The lowest BCUT2D eigenvalue weighted by Gasteiger charge is -2.32. The number of likely N-dealkylation sites (tertiary alicyclic amines) is 1. The summed E-state index contributed by atoms with van der Waals surface area (Å²) < 4.78 is 0. The zero-order chi connectivity index (χ0) is 22.6. The molecule has 0 amide bonds. The largest absolute Gasteiger partial charge is 0.588 e. The smallest absolute Gasteiger partial charge is 0.176 e. The summed E-state index contributed by atoms with van der Waals surface area (Å²) in [5.41, 5.74) is 14.8. The Balaban J connectivity index is 1.46. The molecule has 2 fully saturated rings. The van der Waals surface area contributed by atoms with Crippen molar-refractivity contribution in [1.82, 2.24) is 20.3 Å². The van der Waals surface area contributed by atoms with Crippen molar-refractivity contribution in [2.75, 3.05) is 25.6 Å². The summed E-state index contributed by atoms with van der Waals surface area (Å²) in [5, 5.41) is 12.2. The highest BCUT2D eigenvalue weighted by atomic mass is 16.6. The lowest BCUT2D eigenvalue weighted by molar-refractivity contribution is -0.881. The van der Waals surface area contributed by atoms with Gasteiger partial charge in [-0.25, -0.2) is 10.4 Å². The number of nitrogens with one attached hydrogen (secondary N) is 3. The second kappa shape index (κ2) is 9.91. The Kier molecular flexibility index (Phi) is 7.00. The molecule has 1 saturated carbocycles. The van der Waals surface area contributed by atoms with E-state index in [-0.39, 0.29) is 10.8 Å².